The van der Waals surface area contributed by atoms with Gasteiger partial charge < -0.3 is 5.32 Å². The molecule has 5 heteroatoms. The number of hydrogen-bond acceptors (Lipinski definition) is 3. The third-order valence-electron chi connectivity index (χ3n) is 4.34. The van der Waals surface area contributed by atoms with Crippen LogP contribution in [0, 0.1) is 12.3 Å². The summed E-state index contributed by atoms with van der Waals surface area (Å²) < 4.78 is 1.87. The van der Waals surface area contributed by atoms with Crippen molar-refractivity contribution in [3.8, 4) is 0 Å². The molecule has 2 aromatic heterocycles. The van der Waals surface area contributed by atoms with E-state index in [0.717, 1.165) is 29.5 Å². The average molecular weight is 293 g/mol. The summed E-state index contributed by atoms with van der Waals surface area (Å²) in [4.78, 5) is 4.45. The molecule has 0 aliphatic heterocycles. The van der Waals surface area contributed by atoms with Crippen LogP contribution in [0.15, 0.2) is 18.5 Å². The Labute approximate surface area is 124 Å². The Bertz CT molecular complexity index is 587. The zero-order valence-electron chi connectivity index (χ0n) is 11.9. The molecule has 108 valence electrons. The SMILES string of the molecule is Cc1cc2c(NCC3(CCl)CCCCC3)nccn2n1. The first-order valence-corrected chi connectivity index (χ1v) is 7.87. The first kappa shape index (κ1) is 13.7. The molecule has 3 rings (SSSR count). The van der Waals surface area contributed by atoms with Crippen LogP contribution in [0.25, 0.3) is 5.52 Å². The van der Waals surface area contributed by atoms with Crippen LogP contribution in [0.2, 0.25) is 0 Å². The van der Waals surface area contributed by atoms with E-state index in [1.165, 1.54) is 32.1 Å². The highest BCUT2D eigenvalue weighted by molar-refractivity contribution is 6.18. The minimum absolute atomic E-state index is 0.226. The van der Waals surface area contributed by atoms with Gasteiger partial charge in [0.05, 0.1) is 5.69 Å². The van der Waals surface area contributed by atoms with Crippen molar-refractivity contribution < 1.29 is 0 Å². The zero-order chi connectivity index (χ0) is 14.0. The third-order valence-corrected chi connectivity index (χ3v) is 4.91. The van der Waals surface area contributed by atoms with E-state index in [1.54, 1.807) is 6.20 Å². The summed E-state index contributed by atoms with van der Waals surface area (Å²) >= 11 is 6.25. The molecule has 4 nitrogen and oxygen atoms in total. The van der Waals surface area contributed by atoms with Crippen molar-refractivity contribution in [2.75, 3.05) is 17.7 Å². The Morgan fingerprint density at radius 2 is 2.15 bits per heavy atom. The number of alkyl halides is 1. The standard InChI is InChI=1S/C15H21ClN4/c1-12-9-13-14(17-7-8-20(13)19-12)18-11-15(10-16)5-3-2-4-6-15/h7-9H,2-6,10-11H2,1H3,(H,17,18). The van der Waals surface area contributed by atoms with Gasteiger partial charge in [-0.25, -0.2) is 9.50 Å². The minimum atomic E-state index is 0.226. The molecule has 0 saturated heterocycles. The summed E-state index contributed by atoms with van der Waals surface area (Å²) in [7, 11) is 0. The van der Waals surface area contributed by atoms with Crippen LogP contribution in [0.5, 0.6) is 0 Å². The molecule has 0 amide bonds. The van der Waals surface area contributed by atoms with Crippen LogP contribution in [-0.2, 0) is 0 Å². The summed E-state index contributed by atoms with van der Waals surface area (Å²) in [5.74, 6) is 1.63. The number of nitrogens with one attached hydrogen (secondary N) is 1. The summed E-state index contributed by atoms with van der Waals surface area (Å²) in [5, 5.41) is 7.92. The van der Waals surface area contributed by atoms with Crippen molar-refractivity contribution >= 4 is 22.9 Å². The smallest absolute Gasteiger partial charge is 0.152 e. The molecule has 2 aromatic rings. The van der Waals surface area contributed by atoms with Crippen molar-refractivity contribution in [1.29, 1.82) is 0 Å². The number of aromatic nitrogens is 3. The van der Waals surface area contributed by atoms with Gasteiger partial charge in [0, 0.05) is 30.2 Å². The van der Waals surface area contributed by atoms with Crippen LogP contribution in [0.1, 0.15) is 37.8 Å². The van der Waals surface area contributed by atoms with Gasteiger partial charge in [-0.1, -0.05) is 19.3 Å². The Morgan fingerprint density at radius 3 is 2.90 bits per heavy atom. The predicted octanol–water partition coefficient (Wildman–Crippen LogP) is 3.64. The summed E-state index contributed by atoms with van der Waals surface area (Å²) in [5.41, 5.74) is 2.26. The number of nitrogens with zero attached hydrogens (tertiary/aromatic N) is 3. The van der Waals surface area contributed by atoms with E-state index in [9.17, 15) is 0 Å². The minimum Gasteiger partial charge on any atom is -0.368 e. The van der Waals surface area contributed by atoms with Crippen LogP contribution < -0.4 is 5.32 Å². The summed E-state index contributed by atoms with van der Waals surface area (Å²) in [6.07, 6.45) is 10.0. The van der Waals surface area contributed by atoms with Gasteiger partial charge >= 0.3 is 0 Å². The maximum atomic E-state index is 6.25. The molecule has 1 N–H and O–H groups in total. The molecule has 0 bridgehead atoms. The number of rotatable bonds is 4. The second-order valence-electron chi connectivity index (χ2n) is 5.94. The monoisotopic (exact) mass is 292 g/mol. The van der Waals surface area contributed by atoms with E-state index < -0.39 is 0 Å². The lowest BCUT2D eigenvalue weighted by molar-refractivity contribution is 0.238. The van der Waals surface area contributed by atoms with E-state index in [1.807, 2.05) is 17.6 Å². The number of anilines is 1. The van der Waals surface area contributed by atoms with E-state index in [0.29, 0.717) is 0 Å². The largest absolute Gasteiger partial charge is 0.368 e. The fourth-order valence-electron chi connectivity index (χ4n) is 3.11. The quantitative estimate of drug-likeness (QED) is 0.875. The van der Waals surface area contributed by atoms with Crippen LogP contribution in [0.4, 0.5) is 5.82 Å². The molecule has 0 spiro atoms. The number of halogens is 1. The summed E-state index contributed by atoms with van der Waals surface area (Å²) in [6, 6.07) is 2.06. The molecule has 20 heavy (non-hydrogen) atoms. The van der Waals surface area contributed by atoms with E-state index in [-0.39, 0.29) is 5.41 Å². The maximum Gasteiger partial charge on any atom is 0.152 e. The molecular weight excluding hydrogens is 272 g/mol. The topological polar surface area (TPSA) is 42.2 Å². The molecule has 0 radical (unpaired) electrons. The van der Waals surface area contributed by atoms with Crippen molar-refractivity contribution in [1.82, 2.24) is 14.6 Å². The van der Waals surface area contributed by atoms with Crippen LogP contribution >= 0.6 is 11.6 Å². The maximum absolute atomic E-state index is 6.25. The lowest BCUT2D eigenvalue weighted by Gasteiger charge is -2.35. The van der Waals surface area contributed by atoms with Crippen LogP contribution in [0.3, 0.4) is 0 Å². The molecule has 1 fully saturated rings. The molecule has 1 saturated carbocycles. The van der Waals surface area contributed by atoms with Crippen LogP contribution in [-0.4, -0.2) is 27.0 Å². The Morgan fingerprint density at radius 1 is 1.35 bits per heavy atom. The van der Waals surface area contributed by atoms with Crippen molar-refractivity contribution in [3.63, 3.8) is 0 Å². The molecule has 0 unspecified atom stereocenters. The van der Waals surface area contributed by atoms with Gasteiger partial charge in [0.1, 0.15) is 5.52 Å². The predicted molar refractivity (Wildman–Crippen MR) is 82.5 cm³/mol. The Balaban J connectivity index is 1.79. The van der Waals surface area contributed by atoms with E-state index in [2.05, 4.69) is 21.5 Å². The van der Waals surface area contributed by atoms with Gasteiger partial charge in [0.25, 0.3) is 0 Å². The first-order chi connectivity index (χ1) is 9.72. The lowest BCUT2D eigenvalue weighted by Crippen LogP contribution is -2.34. The van der Waals surface area contributed by atoms with Gasteiger partial charge in [-0.05, 0) is 25.8 Å². The Kier molecular flexibility index (Phi) is 3.83. The van der Waals surface area contributed by atoms with Crippen molar-refractivity contribution in [2.45, 2.75) is 39.0 Å². The average Bonchev–Trinajstić information content (AvgIpc) is 2.87. The zero-order valence-corrected chi connectivity index (χ0v) is 12.7. The second-order valence-corrected chi connectivity index (χ2v) is 6.21. The van der Waals surface area contributed by atoms with E-state index >= 15 is 0 Å². The third kappa shape index (κ3) is 2.62. The fourth-order valence-corrected chi connectivity index (χ4v) is 3.47. The number of aryl methyl sites for hydroxylation is 1. The fraction of sp³-hybridized carbons (Fsp3) is 0.600. The van der Waals surface area contributed by atoms with E-state index in [4.69, 9.17) is 11.6 Å². The summed E-state index contributed by atoms with van der Waals surface area (Å²) in [6.45, 7) is 2.89. The molecule has 1 aliphatic rings. The Hall–Kier alpha value is -1.29. The van der Waals surface area contributed by atoms with Gasteiger partial charge in [-0.3, -0.25) is 0 Å². The lowest BCUT2D eigenvalue weighted by atomic mass is 9.75. The number of fused-ring (bicyclic) bond motifs is 1. The number of hydrogen-bond donors (Lipinski definition) is 1. The first-order valence-electron chi connectivity index (χ1n) is 7.33. The van der Waals surface area contributed by atoms with Gasteiger partial charge in [-0.15, -0.1) is 11.6 Å². The van der Waals surface area contributed by atoms with Gasteiger partial charge in [0.15, 0.2) is 5.82 Å². The molecule has 1 aliphatic carbocycles. The highest BCUT2D eigenvalue weighted by Gasteiger charge is 2.31. The highest BCUT2D eigenvalue weighted by Crippen LogP contribution is 2.37. The normalized spacial score (nSPS) is 18.3. The molecule has 0 aromatic carbocycles. The van der Waals surface area contributed by atoms with Gasteiger partial charge in [-0.2, -0.15) is 5.10 Å². The van der Waals surface area contributed by atoms with Crippen molar-refractivity contribution in [2.24, 2.45) is 5.41 Å². The molecule has 2 heterocycles. The van der Waals surface area contributed by atoms with Gasteiger partial charge in [0.2, 0.25) is 0 Å². The molecular formula is C15H21ClN4. The van der Waals surface area contributed by atoms with Crippen molar-refractivity contribution in [3.05, 3.63) is 24.2 Å². The highest BCUT2D eigenvalue weighted by atomic mass is 35.5. The second kappa shape index (κ2) is 5.60. The molecule has 0 atom stereocenters.